The summed E-state index contributed by atoms with van der Waals surface area (Å²) in [7, 11) is 0. The molecule has 0 aliphatic rings. The SMILES string of the molecule is Cc1cc(-c2cnc3c(NCCC(F)(F)F)cc(Oc4cccc(F)c4F)cn23)ccc1C(=O)O. The van der Waals surface area contributed by atoms with E-state index in [4.69, 9.17) is 4.74 Å². The number of halogens is 5. The summed E-state index contributed by atoms with van der Waals surface area (Å²) in [5, 5.41) is 11.9. The fourth-order valence-corrected chi connectivity index (χ4v) is 3.55. The molecule has 0 unspecified atom stereocenters. The topological polar surface area (TPSA) is 75.9 Å². The van der Waals surface area contributed by atoms with Crippen molar-refractivity contribution < 1.29 is 36.6 Å². The third-order valence-electron chi connectivity index (χ3n) is 5.20. The smallest absolute Gasteiger partial charge is 0.390 e. The first kappa shape index (κ1) is 24.0. The van der Waals surface area contributed by atoms with Gasteiger partial charge in [0.25, 0.3) is 0 Å². The van der Waals surface area contributed by atoms with Crippen LogP contribution in [-0.4, -0.2) is 33.2 Å². The Morgan fingerprint density at radius 2 is 1.94 bits per heavy atom. The van der Waals surface area contributed by atoms with E-state index in [9.17, 15) is 31.9 Å². The summed E-state index contributed by atoms with van der Waals surface area (Å²) < 4.78 is 72.8. The average molecular weight is 491 g/mol. The number of hydrogen-bond acceptors (Lipinski definition) is 4. The molecule has 0 spiro atoms. The number of hydrogen-bond donors (Lipinski definition) is 2. The van der Waals surface area contributed by atoms with Crippen molar-refractivity contribution in [2.45, 2.75) is 19.5 Å². The zero-order valence-corrected chi connectivity index (χ0v) is 18.2. The lowest BCUT2D eigenvalue weighted by molar-refractivity contribution is -0.131. The molecule has 2 aromatic carbocycles. The summed E-state index contributed by atoms with van der Waals surface area (Å²) in [6.07, 6.45) is -2.60. The number of benzene rings is 2. The molecule has 4 aromatic rings. The molecule has 182 valence electrons. The number of ether oxygens (including phenoxy) is 1. The third kappa shape index (κ3) is 5.18. The molecule has 0 saturated heterocycles. The van der Waals surface area contributed by atoms with Crippen LogP contribution in [0.1, 0.15) is 22.3 Å². The van der Waals surface area contributed by atoms with Crippen LogP contribution in [-0.2, 0) is 0 Å². The van der Waals surface area contributed by atoms with Gasteiger partial charge in [0.1, 0.15) is 5.75 Å². The van der Waals surface area contributed by atoms with Crippen molar-refractivity contribution >= 4 is 17.3 Å². The molecular formula is C24H18F5N3O3. The van der Waals surface area contributed by atoms with E-state index in [1.54, 1.807) is 19.1 Å². The van der Waals surface area contributed by atoms with Gasteiger partial charge in [-0.2, -0.15) is 17.6 Å². The summed E-state index contributed by atoms with van der Waals surface area (Å²) in [6, 6.07) is 9.35. The van der Waals surface area contributed by atoms with Gasteiger partial charge in [-0.05, 0) is 36.8 Å². The summed E-state index contributed by atoms with van der Waals surface area (Å²) in [4.78, 5) is 15.6. The highest BCUT2D eigenvalue weighted by molar-refractivity contribution is 5.90. The number of aryl methyl sites for hydroxylation is 1. The molecule has 11 heteroatoms. The Labute approximate surface area is 195 Å². The van der Waals surface area contributed by atoms with E-state index in [0.29, 0.717) is 16.8 Å². The van der Waals surface area contributed by atoms with Gasteiger partial charge >= 0.3 is 12.1 Å². The van der Waals surface area contributed by atoms with Crippen molar-refractivity contribution in [1.29, 1.82) is 0 Å². The van der Waals surface area contributed by atoms with E-state index in [2.05, 4.69) is 10.3 Å². The monoisotopic (exact) mass is 491 g/mol. The normalized spacial score (nSPS) is 11.6. The lowest BCUT2D eigenvalue weighted by Gasteiger charge is -2.14. The molecule has 35 heavy (non-hydrogen) atoms. The van der Waals surface area contributed by atoms with Crippen LogP contribution in [0.4, 0.5) is 27.6 Å². The number of rotatable bonds is 7. The van der Waals surface area contributed by atoms with Crippen molar-refractivity contribution in [2.75, 3.05) is 11.9 Å². The largest absolute Gasteiger partial charge is 0.478 e. The van der Waals surface area contributed by atoms with E-state index >= 15 is 0 Å². The number of nitrogens with one attached hydrogen (secondary N) is 1. The fraction of sp³-hybridized carbons (Fsp3) is 0.167. The molecule has 0 aliphatic heterocycles. The Kier molecular flexibility index (Phi) is 6.33. The van der Waals surface area contributed by atoms with Gasteiger partial charge in [0.2, 0.25) is 5.82 Å². The number of alkyl halides is 3. The van der Waals surface area contributed by atoms with Crippen molar-refractivity contribution in [2.24, 2.45) is 0 Å². The highest BCUT2D eigenvalue weighted by Crippen LogP contribution is 2.33. The molecule has 0 radical (unpaired) electrons. The maximum Gasteiger partial charge on any atom is 0.390 e. The summed E-state index contributed by atoms with van der Waals surface area (Å²) >= 11 is 0. The van der Waals surface area contributed by atoms with E-state index in [-0.39, 0.29) is 22.6 Å². The lowest BCUT2D eigenvalue weighted by Crippen LogP contribution is -2.15. The number of carbonyl (C=O) groups is 1. The average Bonchev–Trinajstić information content (AvgIpc) is 3.20. The lowest BCUT2D eigenvalue weighted by atomic mass is 10.0. The molecule has 0 fully saturated rings. The van der Waals surface area contributed by atoms with Gasteiger partial charge in [-0.15, -0.1) is 0 Å². The van der Waals surface area contributed by atoms with E-state index in [1.165, 1.54) is 41.1 Å². The van der Waals surface area contributed by atoms with Crippen LogP contribution in [0.5, 0.6) is 11.5 Å². The van der Waals surface area contributed by atoms with Crippen molar-refractivity contribution in [3.05, 3.63) is 77.6 Å². The van der Waals surface area contributed by atoms with Crippen molar-refractivity contribution in [3.63, 3.8) is 0 Å². The molecule has 0 amide bonds. The number of aromatic carboxylic acids is 1. The van der Waals surface area contributed by atoms with Gasteiger partial charge in [-0.1, -0.05) is 12.1 Å². The van der Waals surface area contributed by atoms with Crippen LogP contribution in [0.15, 0.2) is 54.9 Å². The number of nitrogens with zero attached hydrogens (tertiary/aromatic N) is 2. The number of aromatic nitrogens is 2. The Bertz CT molecular complexity index is 1420. The Balaban J connectivity index is 1.80. The minimum absolute atomic E-state index is 0.00892. The number of fused-ring (bicyclic) bond motifs is 1. The zero-order valence-electron chi connectivity index (χ0n) is 18.2. The van der Waals surface area contributed by atoms with Gasteiger partial charge in [0, 0.05) is 18.2 Å². The molecule has 6 nitrogen and oxygen atoms in total. The second kappa shape index (κ2) is 9.24. The van der Waals surface area contributed by atoms with Gasteiger partial charge in [-0.25, -0.2) is 14.2 Å². The van der Waals surface area contributed by atoms with Crippen LogP contribution in [0, 0.1) is 18.6 Å². The summed E-state index contributed by atoms with van der Waals surface area (Å²) in [5.74, 6) is -3.82. The number of carboxylic acid groups (broad SMARTS) is 1. The maximum atomic E-state index is 14.2. The van der Waals surface area contributed by atoms with Crippen LogP contribution in [0.2, 0.25) is 0 Å². The molecule has 2 N–H and O–H groups in total. The first-order chi connectivity index (χ1) is 16.5. The maximum absolute atomic E-state index is 14.2. The van der Waals surface area contributed by atoms with Crippen LogP contribution >= 0.6 is 0 Å². The molecular weight excluding hydrogens is 473 g/mol. The fourth-order valence-electron chi connectivity index (χ4n) is 3.55. The standard InChI is InChI=1S/C24H18F5N3O3/c1-13-9-14(5-6-16(13)23(33)34)19-11-31-22-18(30-8-7-24(27,28)29)10-15(12-32(19)22)35-20-4-2-3-17(25)21(20)26/h2-6,9-12,30H,7-8H2,1H3,(H,33,34). The zero-order chi connectivity index (χ0) is 25.3. The number of anilines is 1. The first-order valence-electron chi connectivity index (χ1n) is 10.3. The van der Waals surface area contributed by atoms with E-state index in [0.717, 1.165) is 6.07 Å². The molecule has 0 aliphatic carbocycles. The van der Waals surface area contributed by atoms with Crippen molar-refractivity contribution in [1.82, 2.24) is 9.38 Å². The van der Waals surface area contributed by atoms with E-state index < -0.39 is 42.5 Å². The van der Waals surface area contributed by atoms with E-state index in [1.807, 2.05) is 0 Å². The third-order valence-corrected chi connectivity index (χ3v) is 5.20. The summed E-state index contributed by atoms with van der Waals surface area (Å²) in [5.41, 5.74) is 2.09. The van der Waals surface area contributed by atoms with Gasteiger partial charge < -0.3 is 15.2 Å². The first-order valence-corrected chi connectivity index (χ1v) is 10.3. The highest BCUT2D eigenvalue weighted by atomic mass is 19.4. The Morgan fingerprint density at radius 1 is 1.17 bits per heavy atom. The number of pyridine rings is 1. The number of imidazole rings is 1. The predicted molar refractivity (Wildman–Crippen MR) is 118 cm³/mol. The van der Waals surface area contributed by atoms with Crippen LogP contribution < -0.4 is 10.1 Å². The molecule has 2 heterocycles. The Morgan fingerprint density at radius 3 is 2.63 bits per heavy atom. The molecule has 2 aromatic heterocycles. The second-order valence-corrected chi connectivity index (χ2v) is 7.71. The van der Waals surface area contributed by atoms with Gasteiger partial charge in [0.15, 0.2) is 17.2 Å². The predicted octanol–water partition coefficient (Wildman–Crippen LogP) is 6.44. The van der Waals surface area contributed by atoms with Gasteiger partial charge in [0.05, 0.1) is 35.8 Å². The minimum Gasteiger partial charge on any atom is -0.478 e. The molecule has 4 rings (SSSR count). The minimum atomic E-state index is -4.38. The molecule has 0 bridgehead atoms. The molecule has 0 saturated carbocycles. The summed E-state index contributed by atoms with van der Waals surface area (Å²) in [6.45, 7) is 1.17. The number of carboxylic acids is 1. The highest BCUT2D eigenvalue weighted by Gasteiger charge is 2.26. The van der Waals surface area contributed by atoms with Gasteiger partial charge in [-0.3, -0.25) is 4.40 Å². The Hall–Kier alpha value is -4.15. The molecule has 0 atom stereocenters. The van der Waals surface area contributed by atoms with Crippen LogP contribution in [0.3, 0.4) is 0 Å². The van der Waals surface area contributed by atoms with Crippen molar-refractivity contribution in [3.8, 4) is 22.8 Å². The second-order valence-electron chi connectivity index (χ2n) is 7.71. The van der Waals surface area contributed by atoms with Crippen LogP contribution in [0.25, 0.3) is 16.9 Å². The quantitative estimate of drug-likeness (QED) is 0.291.